The van der Waals surface area contributed by atoms with Crippen LogP contribution in [0.1, 0.15) is 25.3 Å². The lowest BCUT2D eigenvalue weighted by atomic mass is 10.2. The monoisotopic (exact) mass is 377 g/mol. The third kappa shape index (κ3) is 8.83. The van der Waals surface area contributed by atoms with Crippen molar-refractivity contribution in [3.63, 3.8) is 0 Å². The van der Waals surface area contributed by atoms with E-state index in [9.17, 15) is 0 Å². The van der Waals surface area contributed by atoms with Gasteiger partial charge in [0.25, 0.3) is 0 Å². The van der Waals surface area contributed by atoms with E-state index in [0.29, 0.717) is 19.1 Å². The third-order valence-corrected chi connectivity index (χ3v) is 2.48. The number of benzene rings is 1. The first-order valence-corrected chi connectivity index (χ1v) is 6.43. The summed E-state index contributed by atoms with van der Waals surface area (Å²) < 4.78 is 5.40. The van der Waals surface area contributed by atoms with Crippen LogP contribution in [0.2, 0.25) is 0 Å². The van der Waals surface area contributed by atoms with Crippen molar-refractivity contribution in [3.8, 4) is 0 Å². The zero-order chi connectivity index (χ0) is 13.2. The molecule has 0 radical (unpaired) electrons. The summed E-state index contributed by atoms with van der Waals surface area (Å²) in [5, 5.41) is 3.04. The van der Waals surface area contributed by atoms with Crippen molar-refractivity contribution in [2.75, 3.05) is 25.1 Å². The average Bonchev–Trinajstić information content (AvgIpc) is 2.36. The van der Waals surface area contributed by atoms with E-state index in [1.54, 1.807) is 0 Å². The molecule has 0 amide bonds. The van der Waals surface area contributed by atoms with Gasteiger partial charge in [-0.05, 0) is 25.5 Å². The maximum Gasteiger partial charge on any atom is 0.193 e. The van der Waals surface area contributed by atoms with Crippen LogP contribution in [0.25, 0.3) is 0 Å². The van der Waals surface area contributed by atoms with Gasteiger partial charge in [-0.15, -0.1) is 24.0 Å². The molecule has 0 spiro atoms. The van der Waals surface area contributed by atoms with Crippen LogP contribution in [-0.2, 0) is 4.74 Å². The van der Waals surface area contributed by atoms with E-state index in [2.05, 4.69) is 24.2 Å². The molecule has 108 valence electrons. The van der Waals surface area contributed by atoms with Crippen molar-refractivity contribution >= 4 is 35.6 Å². The molecule has 0 fully saturated rings. The van der Waals surface area contributed by atoms with E-state index in [4.69, 9.17) is 10.5 Å². The summed E-state index contributed by atoms with van der Waals surface area (Å²) in [5.74, 6) is 0.429. The van der Waals surface area contributed by atoms with E-state index in [1.807, 2.05) is 24.3 Å². The quantitative estimate of drug-likeness (QED) is 0.332. The standard InChI is InChI=1S/C14H23N3O.HI/c1-3-4-10-18-11-9-16-14(15)17-13-7-5-12(2)6-8-13;/h5-8H,3-4,9-11H2,1-2H3,(H3,15,16,17);1H. The number of ether oxygens (including phenoxy) is 1. The predicted molar refractivity (Wildman–Crippen MR) is 92.4 cm³/mol. The molecule has 1 aromatic carbocycles. The summed E-state index contributed by atoms with van der Waals surface area (Å²) in [6, 6.07) is 8.03. The summed E-state index contributed by atoms with van der Waals surface area (Å²) in [7, 11) is 0. The van der Waals surface area contributed by atoms with Gasteiger partial charge >= 0.3 is 0 Å². The summed E-state index contributed by atoms with van der Waals surface area (Å²) in [6.45, 7) is 6.21. The first-order chi connectivity index (χ1) is 8.72. The molecule has 1 aromatic rings. The predicted octanol–water partition coefficient (Wildman–Crippen LogP) is 3.16. The Labute approximate surface area is 132 Å². The van der Waals surface area contributed by atoms with Gasteiger partial charge in [0.1, 0.15) is 0 Å². The molecule has 0 aromatic heterocycles. The smallest absolute Gasteiger partial charge is 0.193 e. The van der Waals surface area contributed by atoms with Gasteiger partial charge in [0.2, 0.25) is 0 Å². The Morgan fingerprint density at radius 1 is 1.26 bits per heavy atom. The molecule has 0 heterocycles. The summed E-state index contributed by atoms with van der Waals surface area (Å²) in [5.41, 5.74) is 7.94. The molecule has 0 aliphatic heterocycles. The highest BCUT2D eigenvalue weighted by Gasteiger charge is 1.94. The minimum absolute atomic E-state index is 0. The first-order valence-electron chi connectivity index (χ1n) is 6.43. The SMILES string of the molecule is CCCCOCCN=C(N)Nc1ccc(C)cc1.I. The Hall–Kier alpha value is -0.820. The fourth-order valence-electron chi connectivity index (χ4n) is 1.40. The topological polar surface area (TPSA) is 59.6 Å². The molecular formula is C14H24IN3O. The van der Waals surface area contributed by atoms with Crippen LogP contribution < -0.4 is 11.1 Å². The number of hydrogen-bond acceptors (Lipinski definition) is 2. The van der Waals surface area contributed by atoms with Crippen LogP contribution in [0.3, 0.4) is 0 Å². The van der Waals surface area contributed by atoms with Crippen LogP contribution in [0.4, 0.5) is 5.69 Å². The second-order valence-electron chi connectivity index (χ2n) is 4.22. The Morgan fingerprint density at radius 2 is 1.95 bits per heavy atom. The van der Waals surface area contributed by atoms with Crippen LogP contribution in [0.5, 0.6) is 0 Å². The largest absolute Gasteiger partial charge is 0.380 e. The second kappa shape index (κ2) is 11.0. The van der Waals surface area contributed by atoms with Crippen molar-refractivity contribution in [1.82, 2.24) is 0 Å². The number of hydrogen-bond donors (Lipinski definition) is 2. The van der Waals surface area contributed by atoms with Crippen molar-refractivity contribution < 1.29 is 4.74 Å². The first kappa shape index (κ1) is 18.2. The number of anilines is 1. The van der Waals surface area contributed by atoms with E-state index >= 15 is 0 Å². The fourth-order valence-corrected chi connectivity index (χ4v) is 1.40. The Kier molecular flexibility index (Phi) is 10.6. The Balaban J connectivity index is 0.00000324. The molecule has 19 heavy (non-hydrogen) atoms. The molecule has 3 N–H and O–H groups in total. The van der Waals surface area contributed by atoms with Gasteiger partial charge in [-0.2, -0.15) is 0 Å². The minimum atomic E-state index is 0. The van der Waals surface area contributed by atoms with E-state index in [-0.39, 0.29) is 24.0 Å². The number of halogens is 1. The maximum atomic E-state index is 5.77. The van der Waals surface area contributed by atoms with Gasteiger partial charge in [-0.1, -0.05) is 31.0 Å². The van der Waals surface area contributed by atoms with Crippen molar-refractivity contribution in [1.29, 1.82) is 0 Å². The molecule has 5 heteroatoms. The van der Waals surface area contributed by atoms with Gasteiger partial charge in [0.15, 0.2) is 5.96 Å². The maximum absolute atomic E-state index is 5.77. The van der Waals surface area contributed by atoms with Crippen LogP contribution in [0.15, 0.2) is 29.3 Å². The van der Waals surface area contributed by atoms with Gasteiger partial charge in [0.05, 0.1) is 13.2 Å². The highest BCUT2D eigenvalue weighted by atomic mass is 127. The Morgan fingerprint density at radius 3 is 2.58 bits per heavy atom. The van der Waals surface area contributed by atoms with E-state index in [1.165, 1.54) is 5.56 Å². The number of guanidine groups is 1. The molecule has 0 aliphatic carbocycles. The number of rotatable bonds is 7. The lowest BCUT2D eigenvalue weighted by Gasteiger charge is -2.06. The number of nitrogens with one attached hydrogen (secondary N) is 1. The zero-order valence-corrected chi connectivity index (χ0v) is 14.0. The van der Waals surface area contributed by atoms with Crippen molar-refractivity contribution in [3.05, 3.63) is 29.8 Å². The van der Waals surface area contributed by atoms with Crippen LogP contribution in [0, 0.1) is 6.92 Å². The van der Waals surface area contributed by atoms with Gasteiger partial charge < -0.3 is 15.8 Å². The summed E-state index contributed by atoms with van der Waals surface area (Å²) in [4.78, 5) is 4.20. The van der Waals surface area contributed by atoms with Crippen LogP contribution in [-0.4, -0.2) is 25.7 Å². The van der Waals surface area contributed by atoms with Crippen LogP contribution >= 0.6 is 24.0 Å². The number of nitrogens with zero attached hydrogens (tertiary/aromatic N) is 1. The highest BCUT2D eigenvalue weighted by Crippen LogP contribution is 2.07. The van der Waals surface area contributed by atoms with Gasteiger partial charge in [-0.3, -0.25) is 4.99 Å². The number of nitrogens with two attached hydrogens (primary N) is 1. The lowest BCUT2D eigenvalue weighted by Crippen LogP contribution is -2.23. The number of aliphatic imine (C=N–C) groups is 1. The molecule has 0 bridgehead atoms. The average molecular weight is 377 g/mol. The summed E-state index contributed by atoms with van der Waals surface area (Å²) >= 11 is 0. The van der Waals surface area contributed by atoms with E-state index in [0.717, 1.165) is 25.1 Å². The molecular weight excluding hydrogens is 353 g/mol. The number of aryl methyl sites for hydroxylation is 1. The normalized spacial score (nSPS) is 10.9. The molecule has 0 saturated heterocycles. The molecule has 0 atom stereocenters. The highest BCUT2D eigenvalue weighted by molar-refractivity contribution is 14.0. The number of unbranched alkanes of at least 4 members (excludes halogenated alkanes) is 1. The Bertz CT molecular complexity index is 365. The fraction of sp³-hybridized carbons (Fsp3) is 0.500. The molecule has 0 unspecified atom stereocenters. The van der Waals surface area contributed by atoms with Gasteiger partial charge in [0, 0.05) is 12.3 Å². The molecule has 0 saturated carbocycles. The van der Waals surface area contributed by atoms with E-state index < -0.39 is 0 Å². The molecule has 1 rings (SSSR count). The third-order valence-electron chi connectivity index (χ3n) is 2.48. The molecule has 4 nitrogen and oxygen atoms in total. The zero-order valence-electron chi connectivity index (χ0n) is 11.7. The molecule has 0 aliphatic rings. The van der Waals surface area contributed by atoms with Gasteiger partial charge in [-0.25, -0.2) is 0 Å². The lowest BCUT2D eigenvalue weighted by molar-refractivity contribution is 0.139. The van der Waals surface area contributed by atoms with Crippen molar-refractivity contribution in [2.45, 2.75) is 26.7 Å². The summed E-state index contributed by atoms with van der Waals surface area (Å²) in [6.07, 6.45) is 2.25. The second-order valence-corrected chi connectivity index (χ2v) is 4.22. The minimum Gasteiger partial charge on any atom is -0.380 e. The van der Waals surface area contributed by atoms with Crippen molar-refractivity contribution in [2.24, 2.45) is 10.7 Å².